The van der Waals surface area contributed by atoms with Crippen molar-refractivity contribution in [2.45, 2.75) is 19.8 Å². The Hall–Kier alpha value is -2.00. The molecular weight excluding hydrogens is 228 g/mol. The molecule has 94 valence electrons. The summed E-state index contributed by atoms with van der Waals surface area (Å²) < 4.78 is 0. The Morgan fingerprint density at radius 2 is 2.28 bits per heavy atom. The van der Waals surface area contributed by atoms with Gasteiger partial charge in [0, 0.05) is 30.1 Å². The van der Waals surface area contributed by atoms with Crippen LogP contribution in [0, 0.1) is 5.92 Å². The quantitative estimate of drug-likeness (QED) is 0.456. The normalized spacial score (nSPS) is 18.8. The van der Waals surface area contributed by atoms with Crippen LogP contribution in [0.4, 0.5) is 5.69 Å². The van der Waals surface area contributed by atoms with Gasteiger partial charge < -0.3 is 4.90 Å². The topological polar surface area (TPSA) is 69.1 Å². The van der Waals surface area contributed by atoms with Crippen molar-refractivity contribution in [2.24, 2.45) is 11.0 Å². The highest BCUT2D eigenvalue weighted by atomic mass is 16.2. The first-order chi connectivity index (χ1) is 8.76. The first-order valence-electron chi connectivity index (χ1n) is 6.15. The van der Waals surface area contributed by atoms with Gasteiger partial charge in [-0.05, 0) is 29.5 Å². The zero-order valence-electron chi connectivity index (χ0n) is 10.4. The predicted molar refractivity (Wildman–Crippen MR) is 70.3 cm³/mol. The number of azide groups is 1. The second-order valence-corrected chi connectivity index (χ2v) is 4.47. The van der Waals surface area contributed by atoms with E-state index in [0.29, 0.717) is 19.5 Å². The molecule has 1 amide bonds. The first-order valence-corrected chi connectivity index (χ1v) is 6.15. The molecule has 0 bridgehead atoms. The van der Waals surface area contributed by atoms with Crippen LogP contribution in [-0.4, -0.2) is 19.0 Å². The van der Waals surface area contributed by atoms with E-state index in [1.54, 1.807) is 0 Å². The van der Waals surface area contributed by atoms with Crippen molar-refractivity contribution < 1.29 is 4.79 Å². The molecule has 1 aromatic carbocycles. The maximum Gasteiger partial charge on any atom is 0.227 e. The average Bonchev–Trinajstić information content (AvgIpc) is 2.77. The summed E-state index contributed by atoms with van der Waals surface area (Å²) >= 11 is 0. The highest BCUT2D eigenvalue weighted by molar-refractivity contribution is 5.96. The van der Waals surface area contributed by atoms with E-state index in [2.05, 4.69) is 16.9 Å². The molecule has 0 saturated carbocycles. The summed E-state index contributed by atoms with van der Waals surface area (Å²) in [5.74, 6) is 0.257. The van der Waals surface area contributed by atoms with Crippen LogP contribution < -0.4 is 4.90 Å². The van der Waals surface area contributed by atoms with Gasteiger partial charge in [0.2, 0.25) is 5.91 Å². The fraction of sp³-hybridized carbons (Fsp3) is 0.462. The van der Waals surface area contributed by atoms with Crippen molar-refractivity contribution in [3.05, 3.63) is 40.3 Å². The lowest BCUT2D eigenvalue weighted by Gasteiger charge is -2.19. The summed E-state index contributed by atoms with van der Waals surface area (Å²) in [6, 6.07) is 7.96. The van der Waals surface area contributed by atoms with Gasteiger partial charge >= 0.3 is 0 Å². The van der Waals surface area contributed by atoms with Crippen molar-refractivity contribution in [1.29, 1.82) is 0 Å². The number of carbonyl (C=O) groups excluding carboxylic acids is 1. The van der Waals surface area contributed by atoms with Gasteiger partial charge in [0.15, 0.2) is 0 Å². The maximum atomic E-state index is 12.0. The molecule has 1 heterocycles. The lowest BCUT2D eigenvalue weighted by atomic mass is 10.1. The number of hydrogen-bond donors (Lipinski definition) is 0. The molecule has 0 radical (unpaired) electrons. The Morgan fingerprint density at radius 1 is 1.50 bits per heavy atom. The number of carbonyl (C=O) groups is 1. The number of hydrogen-bond acceptors (Lipinski definition) is 2. The molecule has 1 aromatic rings. The van der Waals surface area contributed by atoms with E-state index in [1.807, 2.05) is 29.2 Å². The zero-order valence-corrected chi connectivity index (χ0v) is 10.4. The van der Waals surface area contributed by atoms with Crippen molar-refractivity contribution in [2.75, 3.05) is 18.0 Å². The van der Waals surface area contributed by atoms with Crippen molar-refractivity contribution in [3.63, 3.8) is 0 Å². The molecule has 1 saturated heterocycles. The van der Waals surface area contributed by atoms with Crippen LogP contribution in [0.1, 0.15) is 18.9 Å². The molecule has 1 aliphatic rings. The van der Waals surface area contributed by atoms with Gasteiger partial charge in [-0.25, -0.2) is 0 Å². The molecule has 5 nitrogen and oxygen atoms in total. The molecule has 1 unspecified atom stereocenters. The van der Waals surface area contributed by atoms with E-state index in [0.717, 1.165) is 12.1 Å². The lowest BCUT2D eigenvalue weighted by molar-refractivity contribution is -0.117. The second kappa shape index (κ2) is 5.56. The Bertz CT molecular complexity index is 494. The molecule has 5 heteroatoms. The standard InChI is InChI=1S/C13H16N4O/c1-2-11-5-3-4-6-12(11)17-9-10(7-13(17)18)8-15-16-14/h3-6,10H,2,7-9H2,1H3. The SMILES string of the molecule is CCc1ccccc1N1CC(CN=[N+]=[N-])CC1=O. The fourth-order valence-corrected chi connectivity index (χ4v) is 2.36. The van der Waals surface area contributed by atoms with Crippen LogP contribution in [0.3, 0.4) is 0 Å². The van der Waals surface area contributed by atoms with E-state index in [4.69, 9.17) is 5.53 Å². The van der Waals surface area contributed by atoms with Gasteiger partial charge in [0.1, 0.15) is 0 Å². The predicted octanol–water partition coefficient (Wildman–Crippen LogP) is 2.91. The second-order valence-electron chi connectivity index (χ2n) is 4.47. The van der Waals surface area contributed by atoms with Crippen molar-refractivity contribution >= 4 is 11.6 Å². The van der Waals surface area contributed by atoms with Gasteiger partial charge in [-0.1, -0.05) is 30.2 Å². The third kappa shape index (κ3) is 2.46. The van der Waals surface area contributed by atoms with Crippen LogP contribution >= 0.6 is 0 Å². The Labute approximate surface area is 106 Å². The molecule has 1 fully saturated rings. The molecule has 18 heavy (non-hydrogen) atoms. The Morgan fingerprint density at radius 3 is 3.00 bits per heavy atom. The zero-order chi connectivity index (χ0) is 13.0. The van der Waals surface area contributed by atoms with Crippen molar-refractivity contribution in [3.8, 4) is 0 Å². The van der Waals surface area contributed by atoms with E-state index in [1.165, 1.54) is 5.56 Å². The Kier molecular flexibility index (Phi) is 3.85. The van der Waals surface area contributed by atoms with Crippen LogP contribution in [0.15, 0.2) is 29.4 Å². The third-order valence-corrected chi connectivity index (χ3v) is 3.27. The summed E-state index contributed by atoms with van der Waals surface area (Å²) in [4.78, 5) is 16.6. The summed E-state index contributed by atoms with van der Waals surface area (Å²) in [5.41, 5.74) is 10.5. The van der Waals surface area contributed by atoms with E-state index in [9.17, 15) is 4.79 Å². The minimum Gasteiger partial charge on any atom is -0.312 e. The molecular formula is C13H16N4O. The molecule has 2 rings (SSSR count). The van der Waals surface area contributed by atoms with Gasteiger partial charge in [-0.2, -0.15) is 0 Å². The van der Waals surface area contributed by atoms with Crippen LogP contribution in [0.25, 0.3) is 10.4 Å². The number of amides is 1. The van der Waals surface area contributed by atoms with E-state index < -0.39 is 0 Å². The number of para-hydroxylation sites is 1. The van der Waals surface area contributed by atoms with E-state index in [-0.39, 0.29) is 11.8 Å². The summed E-state index contributed by atoms with van der Waals surface area (Å²) in [5, 5.41) is 3.56. The summed E-state index contributed by atoms with van der Waals surface area (Å²) in [6.45, 7) is 3.12. The fourth-order valence-electron chi connectivity index (χ4n) is 2.36. The third-order valence-electron chi connectivity index (χ3n) is 3.27. The number of anilines is 1. The van der Waals surface area contributed by atoms with Gasteiger partial charge in [-0.3, -0.25) is 4.79 Å². The van der Waals surface area contributed by atoms with Gasteiger partial charge in [-0.15, -0.1) is 0 Å². The molecule has 0 aromatic heterocycles. The molecule has 1 atom stereocenters. The minimum atomic E-state index is 0.119. The van der Waals surface area contributed by atoms with Crippen molar-refractivity contribution in [1.82, 2.24) is 0 Å². The number of rotatable bonds is 4. The number of aryl methyl sites for hydroxylation is 1. The average molecular weight is 244 g/mol. The number of nitrogens with zero attached hydrogens (tertiary/aromatic N) is 4. The molecule has 0 spiro atoms. The molecule has 0 aliphatic carbocycles. The highest BCUT2D eigenvalue weighted by Gasteiger charge is 2.30. The number of benzene rings is 1. The monoisotopic (exact) mass is 244 g/mol. The molecule has 1 aliphatic heterocycles. The minimum absolute atomic E-state index is 0.119. The Balaban J connectivity index is 2.18. The first kappa shape index (κ1) is 12.5. The van der Waals surface area contributed by atoms with Crippen LogP contribution in [0.2, 0.25) is 0 Å². The lowest BCUT2D eigenvalue weighted by Crippen LogP contribution is -2.25. The molecule has 0 N–H and O–H groups in total. The highest BCUT2D eigenvalue weighted by Crippen LogP contribution is 2.28. The van der Waals surface area contributed by atoms with Gasteiger partial charge in [0.05, 0.1) is 0 Å². The summed E-state index contributed by atoms with van der Waals surface area (Å²) in [7, 11) is 0. The summed E-state index contributed by atoms with van der Waals surface area (Å²) in [6.07, 6.45) is 1.37. The van der Waals surface area contributed by atoms with E-state index >= 15 is 0 Å². The maximum absolute atomic E-state index is 12.0. The largest absolute Gasteiger partial charge is 0.312 e. The van der Waals surface area contributed by atoms with Crippen LogP contribution in [-0.2, 0) is 11.2 Å². The van der Waals surface area contributed by atoms with Crippen LogP contribution in [0.5, 0.6) is 0 Å². The smallest absolute Gasteiger partial charge is 0.227 e. The van der Waals surface area contributed by atoms with Gasteiger partial charge in [0.25, 0.3) is 0 Å².